The van der Waals surface area contributed by atoms with Crippen LogP contribution in [0.5, 0.6) is 0 Å². The van der Waals surface area contributed by atoms with E-state index in [2.05, 4.69) is 17.2 Å². The monoisotopic (exact) mass is 346 g/mol. The van der Waals surface area contributed by atoms with Gasteiger partial charge < -0.3 is 10.2 Å². The highest BCUT2D eigenvalue weighted by atomic mass is 16.2. The molecule has 0 aromatic heterocycles. The number of hydrogen-bond acceptors (Lipinski definition) is 2. The molecule has 0 atom stereocenters. The average molecular weight is 346 g/mol. The minimum atomic E-state index is -0.0827. The summed E-state index contributed by atoms with van der Waals surface area (Å²) >= 11 is 0. The zero-order valence-electron chi connectivity index (χ0n) is 14.9. The number of carbonyl (C=O) groups excluding carboxylic acids is 2. The standard InChI is InChI=1S/C22H22N2O2/c1-2-15-23-21(25)13-14-22(26)24-16-19-9-4-3-7-17(19)11-12-18-8-5-6-10-20(18)24/h3-10H,2,13-16H2,1H3,(H,23,25). The van der Waals surface area contributed by atoms with Crippen LogP contribution < -0.4 is 10.2 Å². The van der Waals surface area contributed by atoms with Gasteiger partial charge in [-0.05, 0) is 30.2 Å². The Bertz CT molecular complexity index is 877. The van der Waals surface area contributed by atoms with Crippen LogP contribution in [0.2, 0.25) is 0 Å². The first-order valence-electron chi connectivity index (χ1n) is 8.95. The second-order valence-electron chi connectivity index (χ2n) is 6.25. The van der Waals surface area contributed by atoms with E-state index < -0.39 is 0 Å². The van der Waals surface area contributed by atoms with Gasteiger partial charge in [0.25, 0.3) is 0 Å². The Morgan fingerprint density at radius 2 is 1.69 bits per heavy atom. The van der Waals surface area contributed by atoms with Gasteiger partial charge in [0.2, 0.25) is 11.8 Å². The van der Waals surface area contributed by atoms with E-state index in [1.54, 1.807) is 4.90 Å². The van der Waals surface area contributed by atoms with Crippen molar-refractivity contribution in [2.75, 3.05) is 11.4 Å². The summed E-state index contributed by atoms with van der Waals surface area (Å²) in [5.74, 6) is 6.23. The van der Waals surface area contributed by atoms with E-state index in [1.807, 2.05) is 55.5 Å². The predicted molar refractivity (Wildman–Crippen MR) is 103 cm³/mol. The van der Waals surface area contributed by atoms with Gasteiger partial charge in [0.1, 0.15) is 0 Å². The van der Waals surface area contributed by atoms with Gasteiger partial charge in [-0.15, -0.1) is 0 Å². The molecule has 26 heavy (non-hydrogen) atoms. The van der Waals surface area contributed by atoms with Gasteiger partial charge in [-0.25, -0.2) is 0 Å². The van der Waals surface area contributed by atoms with Crippen molar-refractivity contribution in [1.82, 2.24) is 5.32 Å². The van der Waals surface area contributed by atoms with Gasteiger partial charge in [-0.1, -0.05) is 49.1 Å². The Hall–Kier alpha value is -3.06. The number of para-hydroxylation sites is 1. The molecule has 1 heterocycles. The Morgan fingerprint density at radius 3 is 2.50 bits per heavy atom. The molecule has 0 radical (unpaired) electrons. The molecule has 0 unspecified atom stereocenters. The summed E-state index contributed by atoms with van der Waals surface area (Å²) in [7, 11) is 0. The minimum Gasteiger partial charge on any atom is -0.356 e. The lowest BCUT2D eigenvalue weighted by Crippen LogP contribution is -2.33. The first-order valence-corrected chi connectivity index (χ1v) is 8.95. The molecule has 2 aromatic carbocycles. The number of hydrogen-bond donors (Lipinski definition) is 1. The van der Waals surface area contributed by atoms with Crippen LogP contribution in [0.25, 0.3) is 0 Å². The SMILES string of the molecule is CCCNC(=O)CCC(=O)N1Cc2ccccc2C#Cc2ccccc21. The Kier molecular flexibility index (Phi) is 5.70. The van der Waals surface area contributed by atoms with Crippen LogP contribution in [0.4, 0.5) is 5.69 Å². The number of nitrogens with zero attached hydrogens (tertiary/aromatic N) is 1. The Labute approximate surface area is 154 Å². The van der Waals surface area contributed by atoms with Gasteiger partial charge in [0, 0.05) is 30.5 Å². The highest BCUT2D eigenvalue weighted by Gasteiger charge is 2.21. The van der Waals surface area contributed by atoms with Crippen molar-refractivity contribution in [2.24, 2.45) is 0 Å². The summed E-state index contributed by atoms with van der Waals surface area (Å²) in [6.07, 6.45) is 1.26. The molecule has 1 aliphatic heterocycles. The van der Waals surface area contributed by atoms with Crippen molar-refractivity contribution >= 4 is 17.5 Å². The van der Waals surface area contributed by atoms with Crippen LogP contribution in [-0.4, -0.2) is 18.4 Å². The Morgan fingerprint density at radius 1 is 1.00 bits per heavy atom. The lowest BCUT2D eigenvalue weighted by molar-refractivity contribution is -0.125. The molecule has 0 saturated heterocycles. The molecule has 4 nitrogen and oxygen atoms in total. The first-order chi connectivity index (χ1) is 12.7. The third-order valence-electron chi connectivity index (χ3n) is 4.31. The van der Waals surface area contributed by atoms with Crippen LogP contribution >= 0.6 is 0 Å². The van der Waals surface area contributed by atoms with Crippen LogP contribution in [0.15, 0.2) is 48.5 Å². The molecule has 0 spiro atoms. The van der Waals surface area contributed by atoms with Crippen molar-refractivity contribution in [3.63, 3.8) is 0 Å². The van der Waals surface area contributed by atoms with Crippen molar-refractivity contribution < 1.29 is 9.59 Å². The summed E-state index contributed by atoms with van der Waals surface area (Å²) in [5.41, 5.74) is 3.57. The molecule has 0 aliphatic carbocycles. The summed E-state index contributed by atoms with van der Waals surface area (Å²) in [5, 5.41) is 2.82. The summed E-state index contributed by atoms with van der Waals surface area (Å²) in [4.78, 5) is 26.5. The van der Waals surface area contributed by atoms with Crippen molar-refractivity contribution in [3.8, 4) is 11.8 Å². The molecule has 1 aliphatic rings. The highest BCUT2D eigenvalue weighted by Crippen LogP contribution is 2.26. The van der Waals surface area contributed by atoms with Crippen LogP contribution in [-0.2, 0) is 16.1 Å². The molecule has 0 saturated carbocycles. The van der Waals surface area contributed by atoms with E-state index in [1.165, 1.54) is 0 Å². The quantitative estimate of drug-likeness (QED) is 0.845. The number of rotatable bonds is 5. The fourth-order valence-electron chi connectivity index (χ4n) is 2.92. The molecular weight excluding hydrogens is 324 g/mol. The number of benzene rings is 2. The maximum Gasteiger partial charge on any atom is 0.227 e. The molecule has 3 rings (SSSR count). The van der Waals surface area contributed by atoms with Crippen LogP contribution in [0.3, 0.4) is 0 Å². The van der Waals surface area contributed by atoms with Gasteiger partial charge in [0.05, 0.1) is 12.2 Å². The third-order valence-corrected chi connectivity index (χ3v) is 4.31. The highest BCUT2D eigenvalue weighted by molar-refractivity contribution is 5.96. The van der Waals surface area contributed by atoms with Crippen LogP contribution in [0, 0.1) is 11.8 Å². The third kappa shape index (κ3) is 4.12. The number of fused-ring (bicyclic) bond motifs is 2. The predicted octanol–water partition coefficient (Wildman–Crippen LogP) is 3.24. The fourth-order valence-corrected chi connectivity index (χ4v) is 2.92. The smallest absolute Gasteiger partial charge is 0.227 e. The average Bonchev–Trinajstić information content (AvgIpc) is 2.66. The molecule has 132 valence electrons. The first kappa shape index (κ1) is 17.8. The molecule has 1 N–H and O–H groups in total. The summed E-state index contributed by atoms with van der Waals surface area (Å²) in [6.45, 7) is 3.10. The molecule has 4 heteroatoms. The topological polar surface area (TPSA) is 49.4 Å². The van der Waals surface area contributed by atoms with Gasteiger partial charge in [-0.3, -0.25) is 9.59 Å². The second kappa shape index (κ2) is 8.35. The lowest BCUT2D eigenvalue weighted by atomic mass is 10.0. The van der Waals surface area contributed by atoms with E-state index in [-0.39, 0.29) is 24.7 Å². The minimum absolute atomic E-state index is 0.0670. The van der Waals surface area contributed by atoms with E-state index in [4.69, 9.17) is 0 Å². The lowest BCUT2D eigenvalue weighted by Gasteiger charge is -2.26. The van der Waals surface area contributed by atoms with E-state index in [0.29, 0.717) is 13.1 Å². The van der Waals surface area contributed by atoms with Crippen LogP contribution in [0.1, 0.15) is 42.9 Å². The molecule has 2 aromatic rings. The number of amides is 2. The van der Waals surface area contributed by atoms with Crippen molar-refractivity contribution in [1.29, 1.82) is 0 Å². The van der Waals surface area contributed by atoms with E-state index in [0.717, 1.165) is 28.8 Å². The van der Waals surface area contributed by atoms with Crippen molar-refractivity contribution in [2.45, 2.75) is 32.7 Å². The zero-order chi connectivity index (χ0) is 18.4. The number of nitrogens with one attached hydrogen (secondary N) is 1. The maximum absolute atomic E-state index is 12.9. The summed E-state index contributed by atoms with van der Waals surface area (Å²) in [6, 6.07) is 15.5. The fraction of sp³-hybridized carbons (Fsp3) is 0.273. The zero-order valence-corrected chi connectivity index (χ0v) is 14.9. The molecular formula is C22H22N2O2. The number of carbonyl (C=O) groups is 2. The Balaban J connectivity index is 1.85. The van der Waals surface area contributed by atoms with E-state index in [9.17, 15) is 9.59 Å². The van der Waals surface area contributed by atoms with E-state index >= 15 is 0 Å². The second-order valence-corrected chi connectivity index (χ2v) is 6.25. The van der Waals surface area contributed by atoms with Gasteiger partial charge >= 0.3 is 0 Å². The molecule has 0 bridgehead atoms. The number of anilines is 1. The van der Waals surface area contributed by atoms with Crippen molar-refractivity contribution in [3.05, 3.63) is 65.2 Å². The molecule has 2 amide bonds. The summed E-state index contributed by atoms with van der Waals surface area (Å²) < 4.78 is 0. The molecule has 0 fully saturated rings. The largest absolute Gasteiger partial charge is 0.356 e. The van der Waals surface area contributed by atoms with Gasteiger partial charge in [-0.2, -0.15) is 0 Å². The normalized spacial score (nSPS) is 12.0. The van der Waals surface area contributed by atoms with Gasteiger partial charge in [0.15, 0.2) is 0 Å². The maximum atomic E-state index is 12.9.